The number of carbonyl (C=O) groups is 4. The van der Waals surface area contributed by atoms with E-state index in [1.807, 2.05) is 19.1 Å². The van der Waals surface area contributed by atoms with E-state index in [0.717, 1.165) is 69.8 Å². The molecule has 1 aliphatic heterocycles. The second kappa shape index (κ2) is 11.9. The highest BCUT2D eigenvalue weighted by Crippen LogP contribution is 2.31. The molecular weight excluding hydrogens is 458 g/mol. The van der Waals surface area contributed by atoms with Gasteiger partial charge in [-0.3, -0.25) is 19.2 Å². The summed E-state index contributed by atoms with van der Waals surface area (Å²) >= 11 is 0. The van der Waals surface area contributed by atoms with Crippen LogP contribution in [0, 0.1) is 18.8 Å². The van der Waals surface area contributed by atoms with Crippen molar-refractivity contribution in [3.8, 4) is 0 Å². The lowest BCUT2D eigenvalue weighted by atomic mass is 9.82. The van der Waals surface area contributed by atoms with Gasteiger partial charge in [0.2, 0.25) is 5.91 Å². The van der Waals surface area contributed by atoms with E-state index < -0.39 is 24.1 Å². The zero-order chi connectivity index (χ0) is 25.7. The quantitative estimate of drug-likeness (QED) is 0.597. The molecule has 196 valence electrons. The van der Waals surface area contributed by atoms with Crippen LogP contribution in [0.3, 0.4) is 0 Å². The fourth-order valence-electron chi connectivity index (χ4n) is 6.20. The minimum atomic E-state index is -1.06. The predicted molar refractivity (Wildman–Crippen MR) is 135 cm³/mol. The molecule has 3 aliphatic rings. The van der Waals surface area contributed by atoms with Gasteiger partial charge in [0.1, 0.15) is 0 Å². The third-order valence-electron chi connectivity index (χ3n) is 8.11. The Morgan fingerprint density at radius 2 is 1.58 bits per heavy atom. The number of carbonyl (C=O) groups excluding carboxylic acids is 3. The maximum Gasteiger partial charge on any atom is 0.305 e. The zero-order valence-electron chi connectivity index (χ0n) is 21.3. The van der Waals surface area contributed by atoms with Gasteiger partial charge in [-0.25, -0.2) is 0 Å². The Hall–Kier alpha value is -2.90. The lowest BCUT2D eigenvalue weighted by Gasteiger charge is -2.35. The number of hydrogen-bond acceptors (Lipinski definition) is 4. The van der Waals surface area contributed by atoms with Crippen LogP contribution in [0.15, 0.2) is 24.3 Å². The summed E-state index contributed by atoms with van der Waals surface area (Å²) in [6, 6.07) is 6.72. The predicted octanol–water partition coefficient (Wildman–Crippen LogP) is 3.73. The average Bonchev–Trinajstić information content (AvgIpc) is 3.33. The first-order valence-corrected chi connectivity index (χ1v) is 13.6. The topological polar surface area (TPSA) is 107 Å². The largest absolute Gasteiger partial charge is 0.481 e. The van der Waals surface area contributed by atoms with Crippen molar-refractivity contribution in [2.75, 3.05) is 13.1 Å². The lowest BCUT2D eigenvalue weighted by Crippen LogP contribution is -2.57. The normalized spacial score (nSPS) is 22.3. The van der Waals surface area contributed by atoms with Crippen molar-refractivity contribution < 1.29 is 24.3 Å². The van der Waals surface area contributed by atoms with E-state index in [0.29, 0.717) is 12.1 Å². The molecule has 36 heavy (non-hydrogen) atoms. The Bertz CT molecular complexity index is 968. The maximum atomic E-state index is 13.8. The van der Waals surface area contributed by atoms with E-state index in [2.05, 4.69) is 5.32 Å². The molecule has 2 saturated carbocycles. The Labute approximate surface area is 213 Å². The van der Waals surface area contributed by atoms with Crippen LogP contribution in [0.4, 0.5) is 0 Å². The minimum absolute atomic E-state index is 0.0677. The molecule has 0 aromatic heterocycles. The summed E-state index contributed by atoms with van der Waals surface area (Å²) < 4.78 is 0. The van der Waals surface area contributed by atoms with E-state index >= 15 is 0 Å². The molecule has 1 aromatic rings. The van der Waals surface area contributed by atoms with Crippen LogP contribution in [0.25, 0.3) is 0 Å². The molecule has 4 rings (SSSR count). The summed E-state index contributed by atoms with van der Waals surface area (Å²) in [7, 11) is 0. The number of aryl methyl sites for hydroxylation is 1. The fourth-order valence-corrected chi connectivity index (χ4v) is 6.20. The van der Waals surface area contributed by atoms with Crippen molar-refractivity contribution in [3.05, 3.63) is 35.4 Å². The molecule has 1 saturated heterocycles. The number of nitrogens with one attached hydrogen (secondary N) is 1. The third kappa shape index (κ3) is 6.08. The van der Waals surface area contributed by atoms with Gasteiger partial charge in [-0.15, -0.1) is 0 Å². The fraction of sp³-hybridized carbons (Fsp3) is 0.643. The molecule has 2 aliphatic carbocycles. The first kappa shape index (κ1) is 26.2. The highest BCUT2D eigenvalue weighted by atomic mass is 16.4. The second-order valence-corrected chi connectivity index (χ2v) is 10.7. The van der Waals surface area contributed by atoms with Crippen molar-refractivity contribution >= 4 is 23.7 Å². The standard InChI is InChI=1S/C28H39N3O5/c1-19-9-8-14-22(17-19)28(36)31-16-15-30(27(35)21-12-6-3-7-13-21)26(31)25(34)29-23(18-24(32)33)20-10-4-2-5-11-20/h8-9,14,17,20-21,23,26H,2-7,10-13,15-16,18H2,1H3,(H,29,34)(H,32,33). The van der Waals surface area contributed by atoms with Crippen LogP contribution < -0.4 is 5.32 Å². The molecule has 2 atom stereocenters. The molecule has 0 bridgehead atoms. The molecule has 3 amide bonds. The van der Waals surface area contributed by atoms with Gasteiger partial charge in [-0.1, -0.05) is 56.2 Å². The van der Waals surface area contributed by atoms with E-state index in [1.165, 1.54) is 4.90 Å². The van der Waals surface area contributed by atoms with Crippen LogP contribution in [-0.4, -0.2) is 63.9 Å². The van der Waals surface area contributed by atoms with Crippen molar-refractivity contribution in [2.45, 2.75) is 89.8 Å². The average molecular weight is 498 g/mol. The highest BCUT2D eigenvalue weighted by Gasteiger charge is 2.45. The minimum Gasteiger partial charge on any atom is -0.481 e. The van der Waals surface area contributed by atoms with Gasteiger partial charge < -0.3 is 20.2 Å². The Morgan fingerprint density at radius 3 is 2.22 bits per heavy atom. The summed E-state index contributed by atoms with van der Waals surface area (Å²) in [5, 5.41) is 12.5. The number of benzene rings is 1. The molecule has 2 N–H and O–H groups in total. The van der Waals surface area contributed by atoms with Crippen molar-refractivity contribution in [2.24, 2.45) is 11.8 Å². The first-order valence-electron chi connectivity index (χ1n) is 13.6. The summed E-state index contributed by atoms with van der Waals surface area (Å²) in [4.78, 5) is 55.6. The molecule has 1 aromatic carbocycles. The van der Waals surface area contributed by atoms with Crippen LogP contribution >= 0.6 is 0 Å². The summed E-state index contributed by atoms with van der Waals surface area (Å²) in [5.74, 6) is -1.80. The van der Waals surface area contributed by atoms with Gasteiger partial charge in [-0.2, -0.15) is 0 Å². The number of carboxylic acid groups (broad SMARTS) is 1. The molecule has 8 nitrogen and oxygen atoms in total. The van der Waals surface area contributed by atoms with Crippen molar-refractivity contribution in [3.63, 3.8) is 0 Å². The van der Waals surface area contributed by atoms with Gasteiger partial charge in [0.05, 0.1) is 6.42 Å². The first-order chi connectivity index (χ1) is 17.3. The SMILES string of the molecule is Cc1cccc(C(=O)N2CCN(C(=O)C3CCCCC3)C2C(=O)NC(CC(=O)O)C2CCCCC2)c1. The van der Waals surface area contributed by atoms with Crippen LogP contribution in [0.5, 0.6) is 0 Å². The highest BCUT2D eigenvalue weighted by molar-refractivity contribution is 5.99. The lowest BCUT2D eigenvalue weighted by molar-refractivity contribution is -0.146. The van der Waals surface area contributed by atoms with E-state index in [4.69, 9.17) is 0 Å². The molecule has 3 fully saturated rings. The second-order valence-electron chi connectivity index (χ2n) is 10.7. The van der Waals surface area contributed by atoms with E-state index in [1.54, 1.807) is 17.0 Å². The summed E-state index contributed by atoms with van der Waals surface area (Å²) in [6.45, 7) is 2.48. The van der Waals surface area contributed by atoms with Crippen LogP contribution in [-0.2, 0) is 14.4 Å². The summed E-state index contributed by atoms with van der Waals surface area (Å²) in [5.41, 5.74) is 1.42. The number of hydrogen-bond donors (Lipinski definition) is 2. The summed E-state index contributed by atoms with van der Waals surface area (Å²) in [6.07, 6.45) is 8.40. The Morgan fingerprint density at radius 1 is 0.944 bits per heavy atom. The van der Waals surface area contributed by atoms with Gasteiger partial charge in [0.25, 0.3) is 11.8 Å². The number of aliphatic carboxylic acids is 1. The monoisotopic (exact) mass is 497 g/mol. The van der Waals surface area contributed by atoms with Crippen molar-refractivity contribution in [1.82, 2.24) is 15.1 Å². The van der Waals surface area contributed by atoms with Gasteiger partial charge in [0, 0.05) is 30.6 Å². The third-order valence-corrected chi connectivity index (χ3v) is 8.11. The number of carboxylic acids is 1. The molecule has 1 heterocycles. The van der Waals surface area contributed by atoms with Gasteiger partial charge >= 0.3 is 5.97 Å². The van der Waals surface area contributed by atoms with Gasteiger partial charge in [-0.05, 0) is 50.7 Å². The van der Waals surface area contributed by atoms with E-state index in [9.17, 15) is 24.3 Å². The Balaban J connectivity index is 1.59. The van der Waals surface area contributed by atoms with Crippen LogP contribution in [0.1, 0.15) is 86.6 Å². The maximum absolute atomic E-state index is 13.8. The smallest absolute Gasteiger partial charge is 0.305 e. The molecule has 0 radical (unpaired) electrons. The molecule has 2 unspecified atom stereocenters. The molecule has 8 heteroatoms. The van der Waals surface area contributed by atoms with E-state index in [-0.39, 0.29) is 36.6 Å². The number of rotatable bonds is 7. The van der Waals surface area contributed by atoms with Crippen LogP contribution in [0.2, 0.25) is 0 Å². The Kier molecular flexibility index (Phi) is 8.64. The number of amides is 3. The van der Waals surface area contributed by atoms with Gasteiger partial charge in [0.15, 0.2) is 6.17 Å². The molecular formula is C28H39N3O5. The number of nitrogens with zero attached hydrogens (tertiary/aromatic N) is 2. The molecule has 0 spiro atoms. The van der Waals surface area contributed by atoms with Crippen molar-refractivity contribution in [1.29, 1.82) is 0 Å². The zero-order valence-corrected chi connectivity index (χ0v) is 21.3.